The van der Waals surface area contributed by atoms with Gasteiger partial charge in [0.1, 0.15) is 0 Å². The molecule has 1 amide bonds. The van der Waals surface area contributed by atoms with E-state index in [0.717, 1.165) is 37.4 Å². The van der Waals surface area contributed by atoms with Gasteiger partial charge in [0, 0.05) is 60.7 Å². The lowest BCUT2D eigenvalue weighted by Gasteiger charge is -2.20. The molecular weight excluding hydrogens is 350 g/mol. The highest BCUT2D eigenvalue weighted by Gasteiger charge is 2.43. The fraction of sp³-hybridized carbons (Fsp3) is 0.474. The zero-order valence-corrected chi connectivity index (χ0v) is 15.6. The summed E-state index contributed by atoms with van der Waals surface area (Å²) in [6.07, 6.45) is 2.00. The van der Waals surface area contributed by atoms with Gasteiger partial charge in [-0.1, -0.05) is 6.07 Å². The van der Waals surface area contributed by atoms with Gasteiger partial charge < -0.3 is 14.8 Å². The van der Waals surface area contributed by atoms with Crippen molar-refractivity contribution < 1.29 is 14.3 Å². The number of carbonyl (C=O) groups excluding carboxylic acids is 1. The quantitative estimate of drug-likeness (QED) is 0.839. The van der Waals surface area contributed by atoms with Crippen molar-refractivity contribution in [3.8, 4) is 5.88 Å². The van der Waals surface area contributed by atoms with E-state index in [1.807, 2.05) is 22.9 Å². The summed E-state index contributed by atoms with van der Waals surface area (Å²) < 4.78 is 11.4. The molecule has 0 unspecified atom stereocenters. The number of aromatic nitrogens is 1. The van der Waals surface area contributed by atoms with E-state index in [0.29, 0.717) is 24.3 Å². The van der Waals surface area contributed by atoms with Gasteiger partial charge in [-0.25, -0.2) is 4.98 Å². The number of rotatable bonds is 6. The molecule has 1 N–H and O–H groups in total. The van der Waals surface area contributed by atoms with E-state index in [1.54, 1.807) is 13.3 Å². The first-order chi connectivity index (χ1) is 12.7. The maximum Gasteiger partial charge on any atom is 0.252 e. The molecule has 26 heavy (non-hydrogen) atoms. The van der Waals surface area contributed by atoms with Gasteiger partial charge >= 0.3 is 0 Å². The molecule has 2 aliphatic heterocycles. The Kier molecular flexibility index (Phi) is 5.19. The number of nitrogens with zero attached hydrogens (tertiary/aromatic N) is 2. The third-order valence-electron chi connectivity index (χ3n) is 5.26. The van der Waals surface area contributed by atoms with Gasteiger partial charge in [0.2, 0.25) is 5.88 Å². The first kappa shape index (κ1) is 17.5. The molecule has 3 atom stereocenters. The van der Waals surface area contributed by atoms with Crippen LogP contribution in [0.2, 0.25) is 0 Å². The Morgan fingerprint density at radius 2 is 2.38 bits per heavy atom. The average molecular weight is 373 g/mol. The van der Waals surface area contributed by atoms with Crippen molar-refractivity contribution in [1.29, 1.82) is 0 Å². The van der Waals surface area contributed by atoms with Crippen molar-refractivity contribution in [3.05, 3.63) is 46.3 Å². The summed E-state index contributed by atoms with van der Waals surface area (Å²) >= 11 is 1.54. The maximum atomic E-state index is 12.2. The number of likely N-dealkylation sites (tertiary alicyclic amines) is 1. The fourth-order valence-corrected chi connectivity index (χ4v) is 4.54. The van der Waals surface area contributed by atoms with Gasteiger partial charge in [-0.05, 0) is 17.5 Å². The second kappa shape index (κ2) is 7.73. The Morgan fingerprint density at radius 1 is 1.46 bits per heavy atom. The highest BCUT2D eigenvalue weighted by atomic mass is 32.1. The Morgan fingerprint density at radius 3 is 3.19 bits per heavy atom. The third kappa shape index (κ3) is 3.60. The second-order valence-corrected chi connectivity index (χ2v) is 7.66. The normalized spacial score (nSPS) is 25.2. The molecule has 2 aromatic heterocycles. The zero-order chi connectivity index (χ0) is 17.9. The highest BCUT2D eigenvalue weighted by molar-refractivity contribution is 7.08. The van der Waals surface area contributed by atoms with Gasteiger partial charge in [0.15, 0.2) is 0 Å². The van der Waals surface area contributed by atoms with Crippen LogP contribution < -0.4 is 10.1 Å². The molecule has 2 aliphatic rings. The minimum Gasteiger partial charge on any atom is -0.481 e. The average Bonchev–Trinajstić information content (AvgIpc) is 3.38. The van der Waals surface area contributed by atoms with Crippen LogP contribution in [0, 0.1) is 11.8 Å². The van der Waals surface area contributed by atoms with Crippen LogP contribution in [-0.4, -0.2) is 55.2 Å². The molecule has 4 rings (SSSR count). The standard InChI is InChI=1S/C19H23N3O3S/c1-24-19-13(3-2-5-20-19)8-22-9-16-15(11-25-17(16)10-22)7-21-18(23)14-4-6-26-12-14/h2-6,12,15-17H,7-11H2,1H3,(H,21,23)/t15-,16-,17-/m1/s1. The summed E-state index contributed by atoms with van der Waals surface area (Å²) in [6.45, 7) is 4.09. The monoisotopic (exact) mass is 373 g/mol. The molecule has 138 valence electrons. The van der Waals surface area contributed by atoms with Gasteiger partial charge in [0.25, 0.3) is 5.91 Å². The van der Waals surface area contributed by atoms with Crippen LogP contribution >= 0.6 is 11.3 Å². The molecular formula is C19H23N3O3S. The molecule has 7 heteroatoms. The lowest BCUT2D eigenvalue weighted by molar-refractivity contribution is 0.0903. The van der Waals surface area contributed by atoms with Crippen LogP contribution in [0.4, 0.5) is 0 Å². The summed E-state index contributed by atoms with van der Waals surface area (Å²) in [6, 6.07) is 5.85. The molecule has 2 aromatic rings. The second-order valence-electron chi connectivity index (χ2n) is 6.88. The first-order valence-corrected chi connectivity index (χ1v) is 9.81. The smallest absolute Gasteiger partial charge is 0.252 e. The molecule has 0 radical (unpaired) electrons. The van der Waals surface area contributed by atoms with Gasteiger partial charge in [0.05, 0.1) is 19.8 Å². The van der Waals surface area contributed by atoms with E-state index >= 15 is 0 Å². The van der Waals surface area contributed by atoms with Gasteiger partial charge in [-0.3, -0.25) is 9.69 Å². The van der Waals surface area contributed by atoms with E-state index < -0.39 is 0 Å². The van der Waals surface area contributed by atoms with Crippen LogP contribution in [-0.2, 0) is 11.3 Å². The SMILES string of the molecule is COc1ncccc1CN1C[C@@H]2[C@H](CNC(=O)c3ccsc3)CO[C@@H]2C1. The number of methoxy groups -OCH3 is 1. The van der Waals surface area contributed by atoms with E-state index in [9.17, 15) is 4.79 Å². The van der Waals surface area contributed by atoms with Crippen molar-refractivity contribution >= 4 is 17.2 Å². The number of pyridine rings is 1. The molecule has 4 heterocycles. The lowest BCUT2D eigenvalue weighted by Crippen LogP contribution is -2.34. The maximum absolute atomic E-state index is 12.2. The summed E-state index contributed by atoms with van der Waals surface area (Å²) in [5, 5.41) is 6.86. The largest absolute Gasteiger partial charge is 0.481 e. The predicted molar refractivity (Wildman–Crippen MR) is 99.4 cm³/mol. The lowest BCUT2D eigenvalue weighted by atomic mass is 9.93. The van der Waals surface area contributed by atoms with Crippen molar-refractivity contribution in [2.45, 2.75) is 12.6 Å². The molecule has 2 fully saturated rings. The topological polar surface area (TPSA) is 63.7 Å². The van der Waals surface area contributed by atoms with Crippen LogP contribution in [0.25, 0.3) is 0 Å². The summed E-state index contributed by atoms with van der Waals surface area (Å²) in [7, 11) is 1.65. The van der Waals surface area contributed by atoms with E-state index in [2.05, 4.69) is 21.3 Å². The van der Waals surface area contributed by atoms with Crippen molar-refractivity contribution in [2.75, 3.05) is 33.4 Å². The van der Waals surface area contributed by atoms with Crippen LogP contribution in [0.3, 0.4) is 0 Å². The Hall–Kier alpha value is -1.96. The number of amides is 1. The number of hydrogen-bond donors (Lipinski definition) is 1. The third-order valence-corrected chi connectivity index (χ3v) is 5.94. The fourth-order valence-electron chi connectivity index (χ4n) is 3.91. The zero-order valence-electron chi connectivity index (χ0n) is 14.8. The first-order valence-electron chi connectivity index (χ1n) is 8.87. The molecule has 0 aromatic carbocycles. The number of hydrogen-bond acceptors (Lipinski definition) is 6. The van der Waals surface area contributed by atoms with Crippen molar-refractivity contribution in [1.82, 2.24) is 15.2 Å². The van der Waals surface area contributed by atoms with Crippen LogP contribution in [0.15, 0.2) is 35.2 Å². The van der Waals surface area contributed by atoms with E-state index in [-0.39, 0.29) is 12.0 Å². The minimum absolute atomic E-state index is 0.00430. The number of ether oxygens (including phenoxy) is 2. The van der Waals surface area contributed by atoms with Gasteiger partial charge in [-0.15, -0.1) is 0 Å². The summed E-state index contributed by atoms with van der Waals surface area (Å²) in [5.74, 6) is 1.51. The molecule has 0 bridgehead atoms. The number of nitrogens with one attached hydrogen (secondary N) is 1. The Labute approximate surface area is 157 Å². The minimum atomic E-state index is 0.00430. The summed E-state index contributed by atoms with van der Waals surface area (Å²) in [4.78, 5) is 18.8. The molecule has 0 saturated carbocycles. The van der Waals surface area contributed by atoms with Crippen LogP contribution in [0.5, 0.6) is 5.88 Å². The molecule has 0 spiro atoms. The number of thiophene rings is 1. The predicted octanol–water partition coefficient (Wildman–Crippen LogP) is 2.03. The Balaban J connectivity index is 1.33. The van der Waals surface area contributed by atoms with Crippen LogP contribution in [0.1, 0.15) is 15.9 Å². The molecule has 0 aliphatic carbocycles. The molecule has 6 nitrogen and oxygen atoms in total. The van der Waals surface area contributed by atoms with Crippen molar-refractivity contribution in [3.63, 3.8) is 0 Å². The van der Waals surface area contributed by atoms with E-state index in [1.165, 1.54) is 11.3 Å². The summed E-state index contributed by atoms with van der Waals surface area (Å²) in [5.41, 5.74) is 1.83. The van der Waals surface area contributed by atoms with E-state index in [4.69, 9.17) is 9.47 Å². The Bertz CT molecular complexity index is 752. The number of carbonyl (C=O) groups is 1. The van der Waals surface area contributed by atoms with Crippen molar-refractivity contribution in [2.24, 2.45) is 11.8 Å². The highest BCUT2D eigenvalue weighted by Crippen LogP contribution is 2.34. The van der Waals surface area contributed by atoms with Gasteiger partial charge in [-0.2, -0.15) is 11.3 Å². The molecule has 2 saturated heterocycles. The number of fused-ring (bicyclic) bond motifs is 1.